The number of nitrogens with zero attached hydrogens (tertiary/aromatic N) is 1. The number of rotatable bonds is 4. The van der Waals surface area contributed by atoms with Crippen molar-refractivity contribution in [1.29, 1.82) is 0 Å². The molecule has 2 heterocycles. The minimum atomic E-state index is 0.868. The van der Waals surface area contributed by atoms with E-state index in [1.165, 1.54) is 15.3 Å². The number of hydrogen-bond donors (Lipinski definition) is 2. The number of anilines is 2. The van der Waals surface area contributed by atoms with E-state index in [-0.39, 0.29) is 0 Å². The zero-order chi connectivity index (χ0) is 12.3. The lowest BCUT2D eigenvalue weighted by Crippen LogP contribution is -1.99. The highest BCUT2D eigenvalue weighted by atomic mass is 32.1. The van der Waals surface area contributed by atoms with Crippen LogP contribution in [0.4, 0.5) is 11.5 Å². The van der Waals surface area contributed by atoms with E-state index in [9.17, 15) is 0 Å². The highest BCUT2D eigenvalue weighted by Crippen LogP contribution is 2.22. The molecule has 0 bridgehead atoms. The summed E-state index contributed by atoms with van der Waals surface area (Å²) in [7, 11) is 1.87. The van der Waals surface area contributed by atoms with Gasteiger partial charge in [0.2, 0.25) is 0 Å². The molecular formula is C13H17N3S. The first-order valence-corrected chi connectivity index (χ1v) is 6.44. The van der Waals surface area contributed by atoms with Crippen LogP contribution in [0.3, 0.4) is 0 Å². The van der Waals surface area contributed by atoms with Crippen LogP contribution < -0.4 is 10.6 Å². The van der Waals surface area contributed by atoms with Gasteiger partial charge < -0.3 is 10.6 Å². The molecule has 0 unspecified atom stereocenters. The van der Waals surface area contributed by atoms with Crippen molar-refractivity contribution in [2.24, 2.45) is 0 Å². The van der Waals surface area contributed by atoms with Crippen molar-refractivity contribution in [1.82, 2.24) is 4.98 Å². The molecule has 0 fully saturated rings. The summed E-state index contributed by atoms with van der Waals surface area (Å²) in [6.07, 6.45) is 1.80. The second kappa shape index (κ2) is 5.19. The van der Waals surface area contributed by atoms with Crippen molar-refractivity contribution in [3.63, 3.8) is 0 Å². The molecule has 0 atom stereocenters. The molecule has 2 aromatic rings. The number of nitrogens with one attached hydrogen (secondary N) is 2. The molecule has 0 amide bonds. The predicted octanol–water partition coefficient (Wildman–Crippen LogP) is 3.41. The molecule has 2 N–H and O–H groups in total. The molecule has 2 aromatic heterocycles. The first-order chi connectivity index (χ1) is 8.19. The Morgan fingerprint density at radius 1 is 1.29 bits per heavy atom. The topological polar surface area (TPSA) is 37.0 Å². The van der Waals surface area contributed by atoms with Crippen LogP contribution in [0, 0.1) is 13.8 Å². The van der Waals surface area contributed by atoms with E-state index in [0.717, 1.165) is 18.1 Å². The maximum Gasteiger partial charge on any atom is 0.127 e. The third-order valence-electron chi connectivity index (χ3n) is 2.70. The van der Waals surface area contributed by atoms with Crippen LogP contribution in [-0.2, 0) is 6.54 Å². The van der Waals surface area contributed by atoms with Gasteiger partial charge in [-0.15, -0.1) is 11.3 Å². The van der Waals surface area contributed by atoms with Crippen LogP contribution in [0.5, 0.6) is 0 Å². The molecule has 0 aromatic carbocycles. The maximum absolute atomic E-state index is 4.18. The summed E-state index contributed by atoms with van der Waals surface area (Å²) in [5.74, 6) is 0.883. The van der Waals surface area contributed by atoms with E-state index >= 15 is 0 Å². The van der Waals surface area contributed by atoms with Crippen LogP contribution >= 0.6 is 11.3 Å². The van der Waals surface area contributed by atoms with Crippen molar-refractivity contribution in [2.45, 2.75) is 20.4 Å². The summed E-state index contributed by atoms with van der Waals surface area (Å²) in [4.78, 5) is 6.94. The highest BCUT2D eigenvalue weighted by Gasteiger charge is 2.01. The average molecular weight is 247 g/mol. The molecule has 90 valence electrons. The Kier molecular flexibility index (Phi) is 3.64. The minimum Gasteiger partial charge on any atom is -0.380 e. The second-order valence-corrected chi connectivity index (χ2v) is 5.33. The van der Waals surface area contributed by atoms with Gasteiger partial charge in [-0.05, 0) is 31.5 Å². The number of pyridine rings is 1. The molecule has 0 saturated heterocycles. The molecule has 0 aliphatic heterocycles. The van der Waals surface area contributed by atoms with Gasteiger partial charge in [0.25, 0.3) is 0 Å². The van der Waals surface area contributed by atoms with E-state index in [1.807, 2.05) is 30.5 Å². The zero-order valence-electron chi connectivity index (χ0n) is 10.4. The largest absolute Gasteiger partial charge is 0.380 e. The lowest BCUT2D eigenvalue weighted by atomic mass is 10.3. The van der Waals surface area contributed by atoms with Gasteiger partial charge in [-0.3, -0.25) is 0 Å². The maximum atomic E-state index is 4.18. The van der Waals surface area contributed by atoms with Gasteiger partial charge in [0, 0.05) is 41.3 Å². The summed E-state index contributed by atoms with van der Waals surface area (Å²) in [6.45, 7) is 5.18. The van der Waals surface area contributed by atoms with Crippen LogP contribution in [0.25, 0.3) is 0 Å². The van der Waals surface area contributed by atoms with Crippen LogP contribution in [0.1, 0.15) is 15.3 Å². The molecule has 0 aliphatic carbocycles. The third kappa shape index (κ3) is 2.97. The molecular weight excluding hydrogens is 230 g/mol. The van der Waals surface area contributed by atoms with Gasteiger partial charge in [-0.1, -0.05) is 0 Å². The fraction of sp³-hybridized carbons (Fsp3) is 0.308. The Morgan fingerprint density at radius 3 is 2.76 bits per heavy atom. The van der Waals surface area contributed by atoms with Gasteiger partial charge in [0.15, 0.2) is 0 Å². The number of aryl methyl sites for hydroxylation is 2. The molecule has 0 aliphatic rings. The second-order valence-electron chi connectivity index (χ2n) is 3.99. The molecule has 17 heavy (non-hydrogen) atoms. The SMILES string of the molecule is CNc1cc(NCc2cc(C)c(C)s2)ccn1. The first-order valence-electron chi connectivity index (χ1n) is 5.62. The average Bonchev–Trinajstić information content (AvgIpc) is 2.67. The van der Waals surface area contributed by atoms with Crippen molar-refractivity contribution < 1.29 is 0 Å². The Morgan fingerprint density at radius 2 is 2.12 bits per heavy atom. The lowest BCUT2D eigenvalue weighted by molar-refractivity contribution is 1.17. The molecule has 0 radical (unpaired) electrons. The Bertz CT molecular complexity index is 486. The Hall–Kier alpha value is -1.55. The normalized spacial score (nSPS) is 10.3. The summed E-state index contributed by atoms with van der Waals surface area (Å²) in [5.41, 5.74) is 2.46. The zero-order valence-corrected chi connectivity index (χ0v) is 11.2. The van der Waals surface area contributed by atoms with Crippen LogP contribution in [0.15, 0.2) is 24.4 Å². The van der Waals surface area contributed by atoms with E-state index in [0.29, 0.717) is 0 Å². The molecule has 0 saturated carbocycles. The van der Waals surface area contributed by atoms with E-state index in [1.54, 1.807) is 6.20 Å². The van der Waals surface area contributed by atoms with Crippen molar-refractivity contribution >= 4 is 22.8 Å². The monoisotopic (exact) mass is 247 g/mol. The quantitative estimate of drug-likeness (QED) is 0.869. The highest BCUT2D eigenvalue weighted by molar-refractivity contribution is 7.12. The van der Waals surface area contributed by atoms with Crippen molar-refractivity contribution in [2.75, 3.05) is 17.7 Å². The third-order valence-corrected chi connectivity index (χ3v) is 3.85. The summed E-state index contributed by atoms with van der Waals surface area (Å²) in [5, 5.41) is 6.44. The van der Waals surface area contributed by atoms with Crippen LogP contribution in [-0.4, -0.2) is 12.0 Å². The number of hydrogen-bond acceptors (Lipinski definition) is 4. The van der Waals surface area contributed by atoms with Gasteiger partial charge in [-0.2, -0.15) is 0 Å². The predicted molar refractivity (Wildman–Crippen MR) is 74.9 cm³/mol. The smallest absolute Gasteiger partial charge is 0.127 e. The summed E-state index contributed by atoms with van der Waals surface area (Å²) in [6, 6.07) is 6.23. The summed E-state index contributed by atoms with van der Waals surface area (Å²) >= 11 is 1.85. The number of thiophene rings is 1. The molecule has 2 rings (SSSR count). The Balaban J connectivity index is 2.01. The van der Waals surface area contributed by atoms with Gasteiger partial charge in [-0.25, -0.2) is 4.98 Å². The fourth-order valence-electron chi connectivity index (χ4n) is 1.60. The van der Waals surface area contributed by atoms with Gasteiger partial charge in [0.1, 0.15) is 5.82 Å². The van der Waals surface area contributed by atoms with Gasteiger partial charge >= 0.3 is 0 Å². The van der Waals surface area contributed by atoms with E-state index in [2.05, 4.69) is 35.5 Å². The van der Waals surface area contributed by atoms with Gasteiger partial charge in [0.05, 0.1) is 0 Å². The molecule has 3 nitrogen and oxygen atoms in total. The van der Waals surface area contributed by atoms with Crippen molar-refractivity contribution in [3.05, 3.63) is 39.7 Å². The summed E-state index contributed by atoms with van der Waals surface area (Å²) < 4.78 is 0. The lowest BCUT2D eigenvalue weighted by Gasteiger charge is -2.06. The minimum absolute atomic E-state index is 0.868. The molecule has 0 spiro atoms. The number of aromatic nitrogens is 1. The molecule has 4 heteroatoms. The van der Waals surface area contributed by atoms with Crippen LogP contribution in [0.2, 0.25) is 0 Å². The first kappa shape index (κ1) is 11.9. The standard InChI is InChI=1S/C13H17N3S/c1-9-6-12(17-10(9)2)8-16-11-4-5-15-13(7-11)14-3/h4-7H,8H2,1-3H3,(H2,14,15,16). The Labute approximate surface area is 106 Å². The van der Waals surface area contributed by atoms with E-state index < -0.39 is 0 Å². The van der Waals surface area contributed by atoms with Crippen molar-refractivity contribution in [3.8, 4) is 0 Å². The van der Waals surface area contributed by atoms with E-state index in [4.69, 9.17) is 0 Å². The fourth-order valence-corrected chi connectivity index (χ4v) is 2.60.